The number of hydrogen-bond donors (Lipinski definition) is 2. The Morgan fingerprint density at radius 3 is 2.44 bits per heavy atom. The minimum Gasteiger partial charge on any atom is -0.508 e. The molecule has 208 valence electrons. The molecule has 7 heteroatoms. The van der Waals surface area contributed by atoms with Gasteiger partial charge in [0.2, 0.25) is 5.95 Å². The molecular weight excluding hydrogens is 486 g/mol. The maximum atomic E-state index is 12.9. The van der Waals surface area contributed by atoms with Gasteiger partial charge in [0.15, 0.2) is 5.43 Å². The molecule has 1 aliphatic rings. The number of rotatable bonds is 10. The summed E-state index contributed by atoms with van der Waals surface area (Å²) in [6, 6.07) is 6.25. The molecule has 7 nitrogen and oxygen atoms in total. The first-order valence-corrected chi connectivity index (χ1v) is 14.2. The molecule has 3 aromatic rings. The van der Waals surface area contributed by atoms with Gasteiger partial charge in [-0.2, -0.15) is 0 Å². The highest BCUT2D eigenvalue weighted by Gasteiger charge is 2.33. The summed E-state index contributed by atoms with van der Waals surface area (Å²) in [6.07, 6.45) is 8.37. The molecule has 0 saturated heterocycles. The van der Waals surface area contributed by atoms with Crippen LogP contribution in [-0.2, 0) is 12.8 Å². The average molecular weight is 530 g/mol. The third kappa shape index (κ3) is 5.93. The molecule has 1 atom stereocenters. The number of hydrogen-bond acceptors (Lipinski definition) is 6. The Kier molecular flexibility index (Phi) is 8.60. The predicted octanol–water partition coefficient (Wildman–Crippen LogP) is 6.03. The smallest absolute Gasteiger partial charge is 0.225 e. The summed E-state index contributed by atoms with van der Waals surface area (Å²) in [7, 11) is 0. The van der Waals surface area contributed by atoms with Crippen molar-refractivity contribution < 1.29 is 5.11 Å². The minimum absolute atomic E-state index is 0.0702. The fourth-order valence-electron chi connectivity index (χ4n) is 5.52. The maximum absolute atomic E-state index is 12.9. The number of anilines is 1. The number of fused-ring (bicyclic) bond motifs is 3. The molecule has 2 aromatic heterocycles. The van der Waals surface area contributed by atoms with E-state index in [-0.39, 0.29) is 28.2 Å². The van der Waals surface area contributed by atoms with E-state index >= 15 is 0 Å². The lowest BCUT2D eigenvalue weighted by atomic mass is 9.77. The number of benzene rings is 1. The highest BCUT2D eigenvalue weighted by molar-refractivity contribution is 5.77. The van der Waals surface area contributed by atoms with Gasteiger partial charge in [0.1, 0.15) is 5.76 Å². The Balaban J connectivity index is 1.78. The normalized spacial score (nSPS) is 14.6. The van der Waals surface area contributed by atoms with Crippen molar-refractivity contribution in [3.63, 3.8) is 0 Å². The monoisotopic (exact) mass is 529 g/mol. The molecule has 0 fully saturated rings. The van der Waals surface area contributed by atoms with Crippen LogP contribution in [0, 0.1) is 5.41 Å². The number of aryl methyl sites for hydroxylation is 1. The lowest BCUT2D eigenvalue weighted by molar-refractivity contribution is 0.237. The zero-order valence-corrected chi connectivity index (χ0v) is 24.3. The molecule has 4 rings (SSSR count). The zero-order valence-electron chi connectivity index (χ0n) is 24.3. The van der Waals surface area contributed by atoms with Crippen molar-refractivity contribution in [1.29, 1.82) is 0 Å². The van der Waals surface area contributed by atoms with E-state index in [4.69, 9.17) is 9.97 Å². The summed E-state index contributed by atoms with van der Waals surface area (Å²) >= 11 is 0. The van der Waals surface area contributed by atoms with Gasteiger partial charge in [-0.1, -0.05) is 54.2 Å². The predicted molar refractivity (Wildman–Crippen MR) is 161 cm³/mol. The number of aliphatic hydroxyl groups excluding tert-OH is 1. The molecule has 0 aliphatic carbocycles. The lowest BCUT2D eigenvalue weighted by Crippen LogP contribution is -2.33. The second kappa shape index (κ2) is 11.7. The number of aliphatic hydroxyl groups is 1. The number of pyridine rings is 1. The highest BCUT2D eigenvalue weighted by Crippen LogP contribution is 2.44. The Morgan fingerprint density at radius 2 is 1.85 bits per heavy atom. The molecular formula is C32H43N5O2. The van der Waals surface area contributed by atoms with Gasteiger partial charge in [0.25, 0.3) is 0 Å². The van der Waals surface area contributed by atoms with E-state index in [2.05, 4.69) is 75.0 Å². The summed E-state index contributed by atoms with van der Waals surface area (Å²) in [5, 5.41) is 13.4. The van der Waals surface area contributed by atoms with Crippen LogP contribution in [0.4, 0.5) is 5.95 Å². The molecule has 1 unspecified atom stereocenters. The number of aromatic nitrogens is 3. The van der Waals surface area contributed by atoms with Gasteiger partial charge in [-0.05, 0) is 54.0 Å². The molecule has 0 saturated carbocycles. The molecule has 1 aromatic carbocycles. The second-order valence-electron chi connectivity index (χ2n) is 11.5. The fraction of sp³-hybridized carbons (Fsp3) is 0.469. The van der Waals surface area contributed by atoms with Crippen molar-refractivity contribution in [2.75, 3.05) is 31.1 Å². The quantitative estimate of drug-likeness (QED) is 0.246. The van der Waals surface area contributed by atoms with Crippen molar-refractivity contribution in [2.45, 2.75) is 66.8 Å². The molecule has 0 spiro atoms. The van der Waals surface area contributed by atoms with E-state index in [0.717, 1.165) is 73.8 Å². The van der Waals surface area contributed by atoms with Crippen LogP contribution in [0.5, 0.6) is 0 Å². The van der Waals surface area contributed by atoms with E-state index in [1.807, 2.05) is 12.4 Å². The van der Waals surface area contributed by atoms with E-state index in [0.29, 0.717) is 0 Å². The van der Waals surface area contributed by atoms with Crippen LogP contribution in [0.3, 0.4) is 0 Å². The Morgan fingerprint density at radius 1 is 1.13 bits per heavy atom. The summed E-state index contributed by atoms with van der Waals surface area (Å²) in [5.74, 6) is 0.567. The van der Waals surface area contributed by atoms with Crippen molar-refractivity contribution in [3.8, 4) is 22.4 Å². The summed E-state index contributed by atoms with van der Waals surface area (Å²) in [4.78, 5) is 24.7. The van der Waals surface area contributed by atoms with Crippen LogP contribution in [0.1, 0.15) is 70.7 Å². The van der Waals surface area contributed by atoms with Crippen molar-refractivity contribution in [2.24, 2.45) is 5.41 Å². The molecule has 0 amide bonds. The standard InChI is InChI=1S/C32H43N5O2/c1-8-12-36(13-11-33-10-3)31-34-18-24(19-35-31)25-15-23-16-30(32(5,6)7)37-20-27(21(4)38)29(39)17-28(37)26(23)14-22(25)9-2/h14-15,17-20,30,33,38H,4,8-13,16H2,1-3,5-7H3. The first-order chi connectivity index (χ1) is 18.6. The van der Waals surface area contributed by atoms with Gasteiger partial charge in [-0.25, -0.2) is 9.97 Å². The number of nitrogens with zero attached hydrogens (tertiary/aromatic N) is 4. The molecule has 2 N–H and O–H groups in total. The molecule has 0 bridgehead atoms. The number of nitrogens with one attached hydrogen (secondary N) is 1. The summed E-state index contributed by atoms with van der Waals surface area (Å²) < 4.78 is 2.16. The van der Waals surface area contributed by atoms with Crippen molar-refractivity contribution >= 4 is 11.7 Å². The third-order valence-corrected chi connectivity index (χ3v) is 7.66. The molecule has 1 aliphatic heterocycles. The summed E-state index contributed by atoms with van der Waals surface area (Å²) in [5.41, 5.74) is 6.46. The zero-order chi connectivity index (χ0) is 28.3. The van der Waals surface area contributed by atoms with Gasteiger partial charge >= 0.3 is 0 Å². The van der Waals surface area contributed by atoms with Gasteiger partial charge in [-0.3, -0.25) is 4.79 Å². The van der Waals surface area contributed by atoms with Crippen LogP contribution in [0.25, 0.3) is 28.1 Å². The highest BCUT2D eigenvalue weighted by atomic mass is 16.3. The minimum atomic E-state index is -0.217. The Labute approximate surface area is 232 Å². The van der Waals surface area contributed by atoms with Gasteiger partial charge in [0.05, 0.1) is 11.3 Å². The van der Waals surface area contributed by atoms with E-state index in [1.54, 1.807) is 12.3 Å². The second-order valence-corrected chi connectivity index (χ2v) is 11.5. The Hall–Kier alpha value is -3.45. The Bertz CT molecular complexity index is 1390. The first kappa shape index (κ1) is 28.6. The van der Waals surface area contributed by atoms with E-state index in [1.165, 1.54) is 11.1 Å². The average Bonchev–Trinajstić information content (AvgIpc) is 2.90. The lowest BCUT2D eigenvalue weighted by Gasteiger charge is -2.39. The van der Waals surface area contributed by atoms with Crippen LogP contribution >= 0.6 is 0 Å². The van der Waals surface area contributed by atoms with Crippen LogP contribution < -0.4 is 15.6 Å². The summed E-state index contributed by atoms with van der Waals surface area (Å²) in [6.45, 7) is 20.3. The molecule has 0 radical (unpaired) electrons. The first-order valence-electron chi connectivity index (χ1n) is 14.2. The van der Waals surface area contributed by atoms with Gasteiger partial charge in [0, 0.05) is 61.5 Å². The van der Waals surface area contributed by atoms with Crippen LogP contribution in [0.2, 0.25) is 0 Å². The van der Waals surface area contributed by atoms with Crippen molar-refractivity contribution in [1.82, 2.24) is 19.9 Å². The van der Waals surface area contributed by atoms with E-state index in [9.17, 15) is 9.90 Å². The fourth-order valence-corrected chi connectivity index (χ4v) is 5.52. The topological polar surface area (TPSA) is 83.3 Å². The maximum Gasteiger partial charge on any atom is 0.225 e. The largest absolute Gasteiger partial charge is 0.508 e. The van der Waals surface area contributed by atoms with Crippen LogP contribution in [-0.4, -0.2) is 45.8 Å². The van der Waals surface area contributed by atoms with Gasteiger partial charge < -0.3 is 19.9 Å². The number of likely N-dealkylation sites (N-methyl/N-ethyl adjacent to an activating group) is 1. The molecule has 39 heavy (non-hydrogen) atoms. The SMILES string of the molecule is C=C(O)c1cn2c(cc1=O)-c1cc(CC)c(-c3cnc(N(CCC)CCNCC)nc3)cc1CC2C(C)(C)C. The van der Waals surface area contributed by atoms with Crippen LogP contribution in [0.15, 0.2) is 48.2 Å². The van der Waals surface area contributed by atoms with E-state index < -0.39 is 0 Å². The molecule has 3 heterocycles. The van der Waals surface area contributed by atoms with Gasteiger partial charge in [-0.15, -0.1) is 0 Å². The van der Waals surface area contributed by atoms with Crippen molar-refractivity contribution in [3.05, 3.63) is 70.3 Å². The third-order valence-electron chi connectivity index (χ3n) is 7.66.